The van der Waals surface area contributed by atoms with Gasteiger partial charge in [-0.15, -0.1) is 0 Å². The monoisotopic (exact) mass is 500 g/mol. The van der Waals surface area contributed by atoms with Crippen LogP contribution in [0.25, 0.3) is 11.3 Å². The van der Waals surface area contributed by atoms with Crippen LogP contribution < -0.4 is 10.6 Å². The van der Waals surface area contributed by atoms with Crippen LogP contribution >= 0.6 is 0 Å². The fourth-order valence-electron chi connectivity index (χ4n) is 4.10. The molecule has 9 nitrogen and oxygen atoms in total. The molecule has 0 saturated carbocycles. The first-order valence-corrected chi connectivity index (χ1v) is 11.7. The number of nitrogens with zero attached hydrogens (tertiary/aromatic N) is 2. The minimum Gasteiger partial charge on any atom is -0.481 e. The van der Waals surface area contributed by atoms with E-state index >= 15 is 0 Å². The number of fused-ring (bicyclic) bond motifs is 1. The van der Waals surface area contributed by atoms with E-state index in [9.17, 15) is 14.4 Å². The topological polar surface area (TPSA) is 121 Å². The molecule has 3 N–H and O–H groups in total. The molecule has 190 valence electrons. The zero-order valence-corrected chi connectivity index (χ0v) is 20.9. The van der Waals surface area contributed by atoms with E-state index in [0.717, 1.165) is 17.8 Å². The molecule has 0 fully saturated rings. The Morgan fingerprint density at radius 1 is 1.05 bits per heavy atom. The molecule has 1 aliphatic heterocycles. The van der Waals surface area contributed by atoms with Gasteiger partial charge in [0.15, 0.2) is 0 Å². The van der Waals surface area contributed by atoms with E-state index in [0.29, 0.717) is 45.8 Å². The Balaban J connectivity index is 1.76. The van der Waals surface area contributed by atoms with Gasteiger partial charge >= 0.3 is 11.9 Å². The lowest BCUT2D eigenvalue weighted by atomic mass is 9.99. The van der Waals surface area contributed by atoms with Gasteiger partial charge in [0.05, 0.1) is 36.1 Å². The molecule has 0 atom stereocenters. The second kappa shape index (κ2) is 11.0. The maximum absolute atomic E-state index is 13.2. The van der Waals surface area contributed by atoms with Gasteiger partial charge < -0.3 is 25.4 Å². The standard InChI is InChI=1S/C28H28N4O5/c1-32(2)16-17-4-8-21(9-5-17)30-26(19-6-10-20(29-15-19)11-13-24(33)34)25-22-12-7-18(28(36)37-3)14-23(22)31-27(25)35/h4-10,12,14-15,30H,11,13,16H2,1-3H3,(H,31,35)(H,33,34). The van der Waals surface area contributed by atoms with Crippen LogP contribution in [0.4, 0.5) is 11.4 Å². The average Bonchev–Trinajstić information content (AvgIpc) is 3.21. The summed E-state index contributed by atoms with van der Waals surface area (Å²) >= 11 is 0. The van der Waals surface area contributed by atoms with Crippen molar-refractivity contribution < 1.29 is 24.2 Å². The van der Waals surface area contributed by atoms with Gasteiger partial charge in [0.25, 0.3) is 5.91 Å². The average molecular weight is 501 g/mol. The third-order valence-corrected chi connectivity index (χ3v) is 5.87. The molecule has 2 heterocycles. The van der Waals surface area contributed by atoms with Gasteiger partial charge in [0.1, 0.15) is 0 Å². The number of hydrogen-bond donors (Lipinski definition) is 3. The number of rotatable bonds is 9. The summed E-state index contributed by atoms with van der Waals surface area (Å²) < 4.78 is 4.80. The van der Waals surface area contributed by atoms with Crippen molar-refractivity contribution in [2.45, 2.75) is 19.4 Å². The molecule has 0 spiro atoms. The number of esters is 1. The van der Waals surface area contributed by atoms with Gasteiger partial charge in [-0.25, -0.2) is 4.79 Å². The van der Waals surface area contributed by atoms with Crippen molar-refractivity contribution in [1.29, 1.82) is 0 Å². The lowest BCUT2D eigenvalue weighted by Gasteiger charge is -2.16. The van der Waals surface area contributed by atoms with E-state index in [4.69, 9.17) is 9.84 Å². The smallest absolute Gasteiger partial charge is 0.337 e. The molecule has 4 rings (SSSR count). The van der Waals surface area contributed by atoms with Crippen molar-refractivity contribution in [3.63, 3.8) is 0 Å². The number of carbonyl (C=O) groups is 3. The van der Waals surface area contributed by atoms with Crippen molar-refractivity contribution in [2.75, 3.05) is 31.8 Å². The lowest BCUT2D eigenvalue weighted by Crippen LogP contribution is -2.11. The van der Waals surface area contributed by atoms with Crippen molar-refractivity contribution in [2.24, 2.45) is 0 Å². The molecular weight excluding hydrogens is 472 g/mol. The summed E-state index contributed by atoms with van der Waals surface area (Å²) in [5.74, 6) is -1.70. The Bertz CT molecular complexity index is 1360. The molecule has 0 radical (unpaired) electrons. The number of nitrogens with one attached hydrogen (secondary N) is 2. The van der Waals surface area contributed by atoms with Crippen molar-refractivity contribution in [1.82, 2.24) is 9.88 Å². The van der Waals surface area contributed by atoms with Crippen LogP contribution in [0, 0.1) is 0 Å². The Hall–Kier alpha value is -4.50. The number of carboxylic acid groups (broad SMARTS) is 1. The number of carbonyl (C=O) groups excluding carboxylic acids is 2. The molecule has 1 aliphatic rings. The number of pyridine rings is 1. The van der Waals surface area contributed by atoms with Crippen LogP contribution in [0.5, 0.6) is 0 Å². The Morgan fingerprint density at radius 3 is 2.41 bits per heavy atom. The highest BCUT2D eigenvalue weighted by Gasteiger charge is 2.29. The van der Waals surface area contributed by atoms with E-state index in [-0.39, 0.29) is 12.3 Å². The number of aryl methyl sites for hydroxylation is 1. The number of amides is 1. The minimum atomic E-state index is -0.890. The van der Waals surface area contributed by atoms with Crippen molar-refractivity contribution >= 4 is 40.5 Å². The van der Waals surface area contributed by atoms with Crippen molar-refractivity contribution in [3.05, 3.63) is 88.7 Å². The summed E-state index contributed by atoms with van der Waals surface area (Å²) in [6.07, 6.45) is 1.92. The van der Waals surface area contributed by atoms with Crippen LogP contribution in [0.3, 0.4) is 0 Å². The number of carboxylic acids is 1. The van der Waals surface area contributed by atoms with Gasteiger partial charge in [0.2, 0.25) is 0 Å². The van der Waals surface area contributed by atoms with Gasteiger partial charge in [-0.2, -0.15) is 0 Å². The molecule has 2 aromatic carbocycles. The van der Waals surface area contributed by atoms with E-state index in [2.05, 4.69) is 20.5 Å². The van der Waals surface area contributed by atoms with Gasteiger partial charge in [-0.3, -0.25) is 14.6 Å². The predicted octanol–water partition coefficient (Wildman–Crippen LogP) is 3.88. The fourth-order valence-corrected chi connectivity index (χ4v) is 4.10. The summed E-state index contributed by atoms with van der Waals surface area (Å²) in [6.45, 7) is 0.800. The van der Waals surface area contributed by atoms with E-state index in [1.807, 2.05) is 44.4 Å². The summed E-state index contributed by atoms with van der Waals surface area (Å²) in [7, 11) is 5.31. The first-order chi connectivity index (χ1) is 17.7. The van der Waals surface area contributed by atoms with E-state index < -0.39 is 11.9 Å². The Morgan fingerprint density at radius 2 is 1.78 bits per heavy atom. The third kappa shape index (κ3) is 6.02. The maximum Gasteiger partial charge on any atom is 0.337 e. The summed E-state index contributed by atoms with van der Waals surface area (Å²) in [4.78, 5) is 42.6. The minimum absolute atomic E-state index is 0.0177. The summed E-state index contributed by atoms with van der Waals surface area (Å²) in [5, 5.41) is 15.2. The molecule has 3 aromatic rings. The second-order valence-electron chi connectivity index (χ2n) is 8.95. The molecule has 0 bridgehead atoms. The first-order valence-electron chi connectivity index (χ1n) is 11.7. The number of anilines is 2. The number of benzene rings is 2. The Labute approximate surface area is 214 Å². The molecule has 1 aromatic heterocycles. The molecule has 0 unspecified atom stereocenters. The highest BCUT2D eigenvalue weighted by molar-refractivity contribution is 6.37. The van der Waals surface area contributed by atoms with Crippen LogP contribution in [0.15, 0.2) is 60.8 Å². The number of methoxy groups -OCH3 is 1. The quantitative estimate of drug-likeness (QED) is 0.299. The van der Waals surface area contributed by atoms with Gasteiger partial charge in [0, 0.05) is 41.7 Å². The predicted molar refractivity (Wildman–Crippen MR) is 141 cm³/mol. The van der Waals surface area contributed by atoms with Gasteiger partial charge in [-0.05, 0) is 56.1 Å². The van der Waals surface area contributed by atoms with Crippen LogP contribution in [0.1, 0.15) is 39.2 Å². The number of hydrogen-bond acceptors (Lipinski definition) is 7. The summed E-state index contributed by atoms with van der Waals surface area (Å²) in [5.41, 5.74) is 5.66. The molecular formula is C28H28N4O5. The molecule has 9 heteroatoms. The number of ether oxygens (including phenoxy) is 1. The van der Waals surface area contributed by atoms with Crippen LogP contribution in [-0.2, 0) is 27.3 Å². The zero-order chi connectivity index (χ0) is 26.5. The Kier molecular flexibility index (Phi) is 7.64. The molecule has 37 heavy (non-hydrogen) atoms. The van der Waals surface area contributed by atoms with E-state index in [1.54, 1.807) is 30.5 Å². The van der Waals surface area contributed by atoms with Crippen LogP contribution in [0.2, 0.25) is 0 Å². The first kappa shape index (κ1) is 25.6. The highest BCUT2D eigenvalue weighted by atomic mass is 16.5. The van der Waals surface area contributed by atoms with Crippen LogP contribution in [-0.4, -0.2) is 54.0 Å². The van der Waals surface area contributed by atoms with E-state index in [1.165, 1.54) is 7.11 Å². The second-order valence-corrected chi connectivity index (χ2v) is 8.95. The highest BCUT2D eigenvalue weighted by Crippen LogP contribution is 2.38. The largest absolute Gasteiger partial charge is 0.481 e. The van der Waals surface area contributed by atoms with Gasteiger partial charge in [-0.1, -0.05) is 18.2 Å². The lowest BCUT2D eigenvalue weighted by molar-refractivity contribution is -0.137. The molecule has 1 amide bonds. The summed E-state index contributed by atoms with van der Waals surface area (Å²) in [6, 6.07) is 16.4. The third-order valence-electron chi connectivity index (χ3n) is 5.87. The maximum atomic E-state index is 13.2. The zero-order valence-electron chi connectivity index (χ0n) is 20.9. The van der Waals surface area contributed by atoms with Crippen molar-refractivity contribution in [3.8, 4) is 0 Å². The number of aliphatic carboxylic acids is 1. The molecule has 0 aliphatic carbocycles. The SMILES string of the molecule is COC(=O)c1ccc2c(c1)NC(=O)C2=C(Nc1ccc(CN(C)C)cc1)c1ccc(CCC(=O)O)nc1. The number of aromatic nitrogens is 1. The normalized spacial score (nSPS) is 13.7. The molecule has 0 saturated heterocycles. The fraction of sp³-hybridized carbons (Fsp3) is 0.214.